The van der Waals surface area contributed by atoms with Crippen molar-refractivity contribution in [1.29, 1.82) is 0 Å². The maximum absolute atomic E-state index is 13.0. The van der Waals surface area contributed by atoms with Gasteiger partial charge in [-0.1, -0.05) is 30.8 Å². The van der Waals surface area contributed by atoms with Crippen molar-refractivity contribution in [3.8, 4) is 0 Å². The SMILES string of the molecule is C=C(CN1CCCC1)c1ccc2c(c1)CCC[C@H]2NC(=O)C[C@H](C)NS(=O)(=O)c1cccc(C(F)(F)F)c1. The molecule has 0 bridgehead atoms. The van der Waals surface area contributed by atoms with Gasteiger partial charge in [0.1, 0.15) is 0 Å². The van der Waals surface area contributed by atoms with E-state index < -0.39 is 32.7 Å². The van der Waals surface area contributed by atoms with Crippen LogP contribution in [0, 0.1) is 0 Å². The van der Waals surface area contributed by atoms with Crippen LogP contribution in [0.1, 0.15) is 67.3 Å². The van der Waals surface area contributed by atoms with Crippen LogP contribution in [0.5, 0.6) is 0 Å². The number of benzene rings is 2. The highest BCUT2D eigenvalue weighted by atomic mass is 32.2. The molecule has 0 radical (unpaired) electrons. The summed E-state index contributed by atoms with van der Waals surface area (Å²) in [5, 5.41) is 3.01. The van der Waals surface area contributed by atoms with Gasteiger partial charge in [0.05, 0.1) is 16.5 Å². The number of fused-ring (bicyclic) bond motifs is 1. The van der Waals surface area contributed by atoms with Gasteiger partial charge in [-0.15, -0.1) is 0 Å². The molecule has 10 heteroatoms. The number of amides is 1. The average molecular weight is 550 g/mol. The van der Waals surface area contributed by atoms with E-state index in [1.165, 1.54) is 25.3 Å². The number of carbonyl (C=O) groups is 1. The van der Waals surface area contributed by atoms with Crippen molar-refractivity contribution in [2.24, 2.45) is 0 Å². The Labute approximate surface area is 222 Å². The normalized spacial score (nSPS) is 19.1. The third kappa shape index (κ3) is 7.03. The van der Waals surface area contributed by atoms with Crippen molar-refractivity contribution < 1.29 is 26.4 Å². The second kappa shape index (κ2) is 11.6. The van der Waals surface area contributed by atoms with Crippen LogP contribution in [0.2, 0.25) is 0 Å². The van der Waals surface area contributed by atoms with Crippen molar-refractivity contribution in [3.63, 3.8) is 0 Å². The van der Waals surface area contributed by atoms with Gasteiger partial charge in [0.2, 0.25) is 15.9 Å². The minimum atomic E-state index is -4.66. The molecule has 2 aliphatic rings. The summed E-state index contributed by atoms with van der Waals surface area (Å²) in [7, 11) is -4.23. The minimum absolute atomic E-state index is 0.144. The molecule has 2 atom stereocenters. The van der Waals surface area contributed by atoms with Gasteiger partial charge < -0.3 is 5.32 Å². The fourth-order valence-electron chi connectivity index (χ4n) is 5.23. The van der Waals surface area contributed by atoms with Gasteiger partial charge in [-0.2, -0.15) is 13.2 Å². The molecule has 0 aromatic heterocycles. The molecular weight excluding hydrogens is 515 g/mol. The number of sulfonamides is 1. The zero-order valence-electron chi connectivity index (χ0n) is 21.5. The van der Waals surface area contributed by atoms with Crippen molar-refractivity contribution in [1.82, 2.24) is 14.9 Å². The summed E-state index contributed by atoms with van der Waals surface area (Å²) in [6, 6.07) is 8.80. The van der Waals surface area contributed by atoms with Gasteiger partial charge in [0.25, 0.3) is 0 Å². The summed E-state index contributed by atoms with van der Waals surface area (Å²) >= 11 is 0. The van der Waals surface area contributed by atoms with E-state index >= 15 is 0 Å². The molecular formula is C28H34F3N3O3S. The van der Waals surface area contributed by atoms with Gasteiger partial charge in [-0.25, -0.2) is 13.1 Å². The Bertz CT molecular complexity index is 1290. The van der Waals surface area contributed by atoms with Crippen LogP contribution in [0.15, 0.2) is 53.9 Å². The van der Waals surface area contributed by atoms with E-state index in [2.05, 4.69) is 27.6 Å². The molecule has 1 aliphatic carbocycles. The van der Waals surface area contributed by atoms with Gasteiger partial charge >= 0.3 is 6.18 Å². The lowest BCUT2D eigenvalue weighted by Crippen LogP contribution is -2.39. The van der Waals surface area contributed by atoms with E-state index in [0.29, 0.717) is 6.07 Å². The Balaban J connectivity index is 1.36. The van der Waals surface area contributed by atoms with Gasteiger partial charge in [-0.3, -0.25) is 9.69 Å². The third-order valence-corrected chi connectivity index (χ3v) is 8.72. The Hall–Kier alpha value is -2.69. The molecule has 2 N–H and O–H groups in total. The van der Waals surface area contributed by atoms with E-state index in [0.717, 1.165) is 73.8 Å². The molecule has 0 spiro atoms. The number of likely N-dealkylation sites (tertiary alicyclic amines) is 1. The lowest BCUT2D eigenvalue weighted by molar-refractivity contribution is -0.137. The highest BCUT2D eigenvalue weighted by Gasteiger charge is 2.32. The fourth-order valence-corrected chi connectivity index (χ4v) is 6.52. The number of hydrogen-bond donors (Lipinski definition) is 2. The van der Waals surface area contributed by atoms with Crippen molar-refractivity contribution >= 4 is 21.5 Å². The highest BCUT2D eigenvalue weighted by Crippen LogP contribution is 2.33. The van der Waals surface area contributed by atoms with E-state index in [4.69, 9.17) is 0 Å². The maximum atomic E-state index is 13.0. The second-order valence-electron chi connectivity index (χ2n) is 10.3. The van der Waals surface area contributed by atoms with E-state index in [-0.39, 0.29) is 18.4 Å². The quantitative estimate of drug-likeness (QED) is 0.458. The number of carbonyl (C=O) groups excluding carboxylic acids is 1. The summed E-state index contributed by atoms with van der Waals surface area (Å²) in [5.74, 6) is -0.329. The summed E-state index contributed by atoms with van der Waals surface area (Å²) in [4.78, 5) is 14.7. The first-order valence-electron chi connectivity index (χ1n) is 12.9. The van der Waals surface area contributed by atoms with Gasteiger partial charge in [0, 0.05) is 19.0 Å². The predicted octanol–water partition coefficient (Wildman–Crippen LogP) is 5.07. The second-order valence-corrected chi connectivity index (χ2v) is 12.0. The number of rotatable bonds is 9. The number of aryl methyl sites for hydroxylation is 1. The molecule has 4 rings (SSSR count). The summed E-state index contributed by atoms with van der Waals surface area (Å²) in [6.07, 6.45) is 0.257. The highest BCUT2D eigenvalue weighted by molar-refractivity contribution is 7.89. The lowest BCUT2D eigenvalue weighted by atomic mass is 9.85. The monoisotopic (exact) mass is 549 g/mol. The summed E-state index contributed by atoms with van der Waals surface area (Å²) < 4.78 is 66.5. The molecule has 1 saturated heterocycles. The molecule has 6 nitrogen and oxygen atoms in total. The number of halogens is 3. The smallest absolute Gasteiger partial charge is 0.349 e. The van der Waals surface area contributed by atoms with Crippen molar-refractivity contribution in [2.75, 3.05) is 19.6 Å². The molecule has 1 fully saturated rings. The molecule has 1 aliphatic heterocycles. The van der Waals surface area contributed by atoms with Crippen LogP contribution >= 0.6 is 0 Å². The molecule has 2 aromatic rings. The lowest BCUT2D eigenvalue weighted by Gasteiger charge is -2.28. The van der Waals surface area contributed by atoms with E-state index in [9.17, 15) is 26.4 Å². The van der Waals surface area contributed by atoms with Crippen LogP contribution in [-0.2, 0) is 27.4 Å². The van der Waals surface area contributed by atoms with Gasteiger partial charge in [0.15, 0.2) is 0 Å². The van der Waals surface area contributed by atoms with Crippen LogP contribution in [0.4, 0.5) is 13.2 Å². The molecule has 1 amide bonds. The average Bonchev–Trinajstić information content (AvgIpc) is 3.36. The first-order valence-corrected chi connectivity index (χ1v) is 14.4. The van der Waals surface area contributed by atoms with Crippen LogP contribution in [0.3, 0.4) is 0 Å². The molecule has 2 aromatic carbocycles. The van der Waals surface area contributed by atoms with E-state index in [1.54, 1.807) is 0 Å². The summed E-state index contributed by atoms with van der Waals surface area (Å²) in [6.45, 7) is 8.86. The largest absolute Gasteiger partial charge is 0.416 e. The van der Waals surface area contributed by atoms with Gasteiger partial charge in [-0.05, 0) is 92.6 Å². The molecule has 38 heavy (non-hydrogen) atoms. The topological polar surface area (TPSA) is 78.5 Å². The number of alkyl halides is 3. The first kappa shape index (κ1) is 28.3. The van der Waals surface area contributed by atoms with E-state index in [1.807, 2.05) is 12.1 Å². The van der Waals surface area contributed by atoms with Crippen LogP contribution in [-0.4, -0.2) is 44.9 Å². The Morgan fingerprint density at radius 3 is 2.58 bits per heavy atom. The Kier molecular flexibility index (Phi) is 8.64. The predicted molar refractivity (Wildman–Crippen MR) is 141 cm³/mol. The molecule has 1 heterocycles. The van der Waals surface area contributed by atoms with Crippen LogP contribution < -0.4 is 10.0 Å². The number of nitrogens with zero attached hydrogens (tertiary/aromatic N) is 1. The summed E-state index contributed by atoms with van der Waals surface area (Å²) in [5.41, 5.74) is 3.38. The molecule has 0 unspecified atom stereocenters. The van der Waals surface area contributed by atoms with Crippen molar-refractivity contribution in [3.05, 3.63) is 71.3 Å². The molecule has 0 saturated carbocycles. The first-order chi connectivity index (χ1) is 17.9. The zero-order chi connectivity index (χ0) is 27.5. The number of nitrogens with one attached hydrogen (secondary N) is 2. The standard InChI is InChI=1S/C28H34F3N3O3S/c1-19(18-34-13-3-4-14-34)21-11-12-25-22(16-21)7-5-10-26(25)32-27(35)15-20(2)33-38(36,37)24-9-6-8-23(17-24)28(29,30)31/h6,8-9,11-12,16-17,20,26,33H,1,3-5,7,10,13-15,18H2,2H3,(H,32,35)/t20-,26+/m0/s1. The molecule has 206 valence electrons. The van der Waals surface area contributed by atoms with Crippen LogP contribution in [0.25, 0.3) is 5.57 Å². The fraction of sp³-hybridized carbons (Fsp3) is 0.464. The maximum Gasteiger partial charge on any atom is 0.416 e. The van der Waals surface area contributed by atoms with Crippen molar-refractivity contribution in [2.45, 2.75) is 68.6 Å². The Morgan fingerprint density at radius 2 is 1.87 bits per heavy atom. The minimum Gasteiger partial charge on any atom is -0.349 e. The Morgan fingerprint density at radius 1 is 1.13 bits per heavy atom. The third-order valence-electron chi connectivity index (χ3n) is 7.13. The zero-order valence-corrected chi connectivity index (χ0v) is 22.3. The number of hydrogen-bond acceptors (Lipinski definition) is 4.